The first kappa shape index (κ1) is 22.4. The lowest BCUT2D eigenvalue weighted by Crippen LogP contribution is -2.23. The first-order valence-corrected chi connectivity index (χ1v) is 11.1. The van der Waals surface area contributed by atoms with E-state index in [1.54, 1.807) is 19.2 Å². The smallest absolute Gasteiger partial charge is 0.335 e. The number of aromatic carboxylic acids is 1. The number of carbonyl (C=O) groups is 2. The molecular weight excluding hydrogens is 436 g/mol. The summed E-state index contributed by atoms with van der Waals surface area (Å²) in [4.78, 5) is 30.4. The van der Waals surface area contributed by atoms with E-state index in [2.05, 4.69) is 11.1 Å². The van der Waals surface area contributed by atoms with Crippen LogP contribution in [0.1, 0.15) is 27.0 Å². The predicted octanol–water partition coefficient (Wildman–Crippen LogP) is 5.51. The fourth-order valence-electron chi connectivity index (χ4n) is 3.28. The van der Waals surface area contributed by atoms with E-state index in [4.69, 9.17) is 9.84 Å². The number of likely N-dealkylation sites (N-methyl/N-ethyl adjacent to an activating group) is 1. The fraction of sp³-hybridized carbons (Fsp3) is 0.115. The van der Waals surface area contributed by atoms with Crippen molar-refractivity contribution in [3.8, 4) is 5.75 Å². The first-order chi connectivity index (χ1) is 15.9. The number of aryl methyl sites for hydroxylation is 1. The number of amides is 1. The van der Waals surface area contributed by atoms with Crippen LogP contribution in [0.5, 0.6) is 5.75 Å². The molecule has 3 aromatic rings. The quantitative estimate of drug-likeness (QED) is 0.493. The standard InChI is InChI=1S/C26H22N2O4S/c1-17-6-5-7-18(14-17)16-32-22-9-4-3-8-20(22)15-23-24(29)28(2)26(33-23)27-21-12-10-19(11-13-21)25(30)31/h3-15H,16H2,1-2H3,(H,30,31). The molecule has 0 saturated carbocycles. The lowest BCUT2D eigenvalue weighted by atomic mass is 10.1. The average Bonchev–Trinajstić information content (AvgIpc) is 3.06. The van der Waals surface area contributed by atoms with Gasteiger partial charge in [-0.05, 0) is 60.7 Å². The molecule has 0 aromatic heterocycles. The van der Waals surface area contributed by atoms with Gasteiger partial charge in [0.15, 0.2) is 5.17 Å². The van der Waals surface area contributed by atoms with Gasteiger partial charge in [-0.2, -0.15) is 0 Å². The molecule has 4 rings (SSSR count). The minimum Gasteiger partial charge on any atom is -0.488 e. The third-order valence-corrected chi connectivity index (χ3v) is 6.09. The van der Waals surface area contributed by atoms with Crippen molar-refractivity contribution in [3.05, 3.63) is 100.0 Å². The molecule has 0 unspecified atom stereocenters. The molecule has 1 N–H and O–H groups in total. The third-order valence-electron chi connectivity index (χ3n) is 5.03. The van der Waals surface area contributed by atoms with Crippen LogP contribution in [0.25, 0.3) is 6.08 Å². The van der Waals surface area contributed by atoms with Crippen LogP contribution in [0.2, 0.25) is 0 Å². The van der Waals surface area contributed by atoms with E-state index in [-0.39, 0.29) is 11.5 Å². The van der Waals surface area contributed by atoms with Gasteiger partial charge in [0.05, 0.1) is 16.2 Å². The summed E-state index contributed by atoms with van der Waals surface area (Å²) in [5.41, 5.74) is 3.82. The summed E-state index contributed by atoms with van der Waals surface area (Å²) in [6.45, 7) is 2.48. The fourth-order valence-corrected chi connectivity index (χ4v) is 4.25. The lowest BCUT2D eigenvalue weighted by Gasteiger charge is -2.10. The van der Waals surface area contributed by atoms with E-state index in [1.807, 2.05) is 55.5 Å². The molecule has 0 spiro atoms. The number of hydrogen-bond acceptors (Lipinski definition) is 5. The number of nitrogens with zero attached hydrogens (tertiary/aromatic N) is 2. The highest BCUT2D eigenvalue weighted by Gasteiger charge is 2.30. The van der Waals surface area contributed by atoms with Gasteiger partial charge >= 0.3 is 5.97 Å². The molecule has 1 fully saturated rings. The summed E-state index contributed by atoms with van der Waals surface area (Å²) in [6, 6.07) is 21.9. The Morgan fingerprint density at radius 3 is 2.58 bits per heavy atom. The Hall–Kier alpha value is -3.84. The van der Waals surface area contributed by atoms with Gasteiger partial charge in [-0.15, -0.1) is 0 Å². The topological polar surface area (TPSA) is 79.2 Å². The Balaban J connectivity index is 1.54. The molecule has 1 amide bonds. The van der Waals surface area contributed by atoms with Crippen LogP contribution >= 0.6 is 11.8 Å². The molecular formula is C26H22N2O4S. The molecule has 1 saturated heterocycles. The Bertz CT molecular complexity index is 1270. The van der Waals surface area contributed by atoms with Crippen LogP contribution in [-0.4, -0.2) is 34.1 Å². The molecule has 0 atom stereocenters. The maximum atomic E-state index is 12.8. The van der Waals surface area contributed by atoms with Crippen LogP contribution in [0, 0.1) is 6.92 Å². The number of hydrogen-bond donors (Lipinski definition) is 1. The van der Waals surface area contributed by atoms with Crippen molar-refractivity contribution in [1.29, 1.82) is 0 Å². The summed E-state index contributed by atoms with van der Waals surface area (Å²) in [6.07, 6.45) is 1.81. The zero-order chi connectivity index (χ0) is 23.4. The van der Waals surface area contributed by atoms with Gasteiger partial charge in [0, 0.05) is 12.6 Å². The number of benzene rings is 3. The van der Waals surface area contributed by atoms with E-state index in [1.165, 1.54) is 34.4 Å². The van der Waals surface area contributed by atoms with Crippen molar-refractivity contribution in [3.63, 3.8) is 0 Å². The normalized spacial score (nSPS) is 15.9. The molecule has 7 heteroatoms. The zero-order valence-electron chi connectivity index (χ0n) is 18.2. The summed E-state index contributed by atoms with van der Waals surface area (Å²) in [7, 11) is 1.67. The molecule has 0 aliphatic carbocycles. The minimum absolute atomic E-state index is 0.158. The second-order valence-corrected chi connectivity index (χ2v) is 8.55. The van der Waals surface area contributed by atoms with Gasteiger partial charge in [0.25, 0.3) is 5.91 Å². The maximum Gasteiger partial charge on any atom is 0.335 e. The Labute approximate surface area is 196 Å². The molecule has 33 heavy (non-hydrogen) atoms. The zero-order valence-corrected chi connectivity index (χ0v) is 19.0. The van der Waals surface area contributed by atoms with Crippen LogP contribution in [0.4, 0.5) is 5.69 Å². The highest BCUT2D eigenvalue weighted by Crippen LogP contribution is 2.34. The molecule has 6 nitrogen and oxygen atoms in total. The van der Waals surface area contributed by atoms with E-state index in [0.717, 1.165) is 11.1 Å². The summed E-state index contributed by atoms with van der Waals surface area (Å²) in [5.74, 6) is -0.461. The van der Waals surface area contributed by atoms with Crippen molar-refractivity contribution < 1.29 is 19.4 Å². The molecule has 0 bridgehead atoms. The number of carboxylic acid groups (broad SMARTS) is 1. The van der Waals surface area contributed by atoms with Crippen molar-refractivity contribution in [2.24, 2.45) is 4.99 Å². The molecule has 166 valence electrons. The highest BCUT2D eigenvalue weighted by atomic mass is 32.2. The SMILES string of the molecule is Cc1cccc(COc2ccccc2C=C2SC(=Nc3ccc(C(=O)O)cc3)N(C)C2=O)c1. The molecule has 3 aromatic carbocycles. The number of aliphatic imine (C=N–C) groups is 1. The van der Waals surface area contributed by atoms with Gasteiger partial charge in [-0.1, -0.05) is 48.0 Å². The minimum atomic E-state index is -0.995. The number of carboxylic acids is 1. The number of carbonyl (C=O) groups excluding carboxylic acids is 1. The summed E-state index contributed by atoms with van der Waals surface area (Å²) >= 11 is 1.27. The third kappa shape index (κ3) is 5.32. The highest BCUT2D eigenvalue weighted by molar-refractivity contribution is 8.18. The number of rotatable bonds is 6. The molecule has 1 aliphatic heterocycles. The van der Waals surface area contributed by atoms with Crippen molar-refractivity contribution in [2.75, 3.05) is 7.05 Å². The predicted molar refractivity (Wildman–Crippen MR) is 131 cm³/mol. The van der Waals surface area contributed by atoms with Gasteiger partial charge in [-0.25, -0.2) is 9.79 Å². The number of ether oxygens (including phenoxy) is 1. The Kier molecular flexibility index (Phi) is 6.60. The second-order valence-electron chi connectivity index (χ2n) is 7.54. The van der Waals surface area contributed by atoms with Crippen LogP contribution in [0.3, 0.4) is 0 Å². The van der Waals surface area contributed by atoms with Crippen LogP contribution in [-0.2, 0) is 11.4 Å². The van der Waals surface area contributed by atoms with E-state index < -0.39 is 5.97 Å². The van der Waals surface area contributed by atoms with Gasteiger partial charge in [-0.3, -0.25) is 9.69 Å². The van der Waals surface area contributed by atoms with Gasteiger partial charge < -0.3 is 9.84 Å². The number of thioether (sulfide) groups is 1. The first-order valence-electron chi connectivity index (χ1n) is 10.3. The van der Waals surface area contributed by atoms with Crippen molar-refractivity contribution >= 4 is 40.6 Å². The van der Waals surface area contributed by atoms with Gasteiger partial charge in [0.2, 0.25) is 0 Å². The second kappa shape index (κ2) is 9.75. The lowest BCUT2D eigenvalue weighted by molar-refractivity contribution is -0.121. The van der Waals surface area contributed by atoms with Crippen molar-refractivity contribution in [1.82, 2.24) is 4.90 Å². The summed E-state index contributed by atoms with van der Waals surface area (Å²) < 4.78 is 6.05. The molecule has 1 heterocycles. The van der Waals surface area contributed by atoms with E-state index in [0.29, 0.717) is 28.1 Å². The van der Waals surface area contributed by atoms with E-state index in [9.17, 15) is 9.59 Å². The molecule has 1 aliphatic rings. The van der Waals surface area contributed by atoms with Crippen LogP contribution in [0.15, 0.2) is 82.7 Å². The van der Waals surface area contributed by atoms with Crippen LogP contribution < -0.4 is 4.74 Å². The van der Waals surface area contributed by atoms with E-state index >= 15 is 0 Å². The van der Waals surface area contributed by atoms with Gasteiger partial charge in [0.1, 0.15) is 12.4 Å². The largest absolute Gasteiger partial charge is 0.488 e. The Morgan fingerprint density at radius 2 is 1.85 bits per heavy atom. The number of amidine groups is 1. The Morgan fingerprint density at radius 1 is 1.09 bits per heavy atom. The number of para-hydroxylation sites is 1. The summed E-state index contributed by atoms with van der Waals surface area (Å²) in [5, 5.41) is 9.56. The average molecular weight is 459 g/mol. The van der Waals surface area contributed by atoms with Crippen molar-refractivity contribution in [2.45, 2.75) is 13.5 Å². The maximum absolute atomic E-state index is 12.8. The molecule has 0 radical (unpaired) electrons. The monoisotopic (exact) mass is 458 g/mol.